The summed E-state index contributed by atoms with van der Waals surface area (Å²) in [6, 6.07) is 0.613. The van der Waals surface area contributed by atoms with E-state index in [-0.39, 0.29) is 0 Å². The zero-order valence-corrected chi connectivity index (χ0v) is 10.9. The topological polar surface area (TPSA) is 12.0 Å². The molecular formula is C13H27N. The summed E-state index contributed by atoms with van der Waals surface area (Å²) in [6.45, 7) is 14.5. The number of hydrogen-bond donors (Lipinski definition) is 1. The fourth-order valence-corrected chi connectivity index (χ4v) is 3.26. The lowest BCUT2D eigenvalue weighted by molar-refractivity contribution is 0.116. The van der Waals surface area contributed by atoms with Crippen molar-refractivity contribution in [3.63, 3.8) is 0 Å². The molecule has 1 nitrogen and oxygen atoms in total. The molecule has 0 bridgehead atoms. The van der Waals surface area contributed by atoms with Crippen LogP contribution in [0.5, 0.6) is 0 Å². The fraction of sp³-hybridized carbons (Fsp3) is 1.00. The van der Waals surface area contributed by atoms with Crippen LogP contribution in [0.2, 0.25) is 0 Å². The molecule has 1 aliphatic rings. The van der Waals surface area contributed by atoms with Crippen LogP contribution in [0.4, 0.5) is 0 Å². The van der Waals surface area contributed by atoms with E-state index in [1.54, 1.807) is 0 Å². The Bertz CT molecular complexity index is 209. The lowest BCUT2D eigenvalue weighted by Crippen LogP contribution is -2.43. The van der Waals surface area contributed by atoms with E-state index < -0.39 is 0 Å². The second-order valence-corrected chi connectivity index (χ2v) is 6.16. The molecule has 1 rings (SSSR count). The van der Waals surface area contributed by atoms with Gasteiger partial charge in [0.1, 0.15) is 0 Å². The van der Waals surface area contributed by atoms with Crippen molar-refractivity contribution < 1.29 is 0 Å². The van der Waals surface area contributed by atoms with E-state index in [1.807, 2.05) is 0 Å². The molecule has 1 N–H and O–H groups in total. The lowest BCUT2D eigenvalue weighted by atomic mass is 9.68. The van der Waals surface area contributed by atoms with Crippen molar-refractivity contribution in [2.45, 2.75) is 54.0 Å². The van der Waals surface area contributed by atoms with Crippen molar-refractivity contribution in [1.82, 2.24) is 5.32 Å². The minimum Gasteiger partial charge on any atom is -0.317 e. The quantitative estimate of drug-likeness (QED) is 0.716. The Balaban J connectivity index is 2.95. The molecular weight excluding hydrogens is 170 g/mol. The maximum Gasteiger partial charge on any atom is 0.00924 e. The predicted molar refractivity (Wildman–Crippen MR) is 63.4 cm³/mol. The molecule has 1 saturated carbocycles. The van der Waals surface area contributed by atoms with Crippen LogP contribution in [-0.4, -0.2) is 13.1 Å². The van der Waals surface area contributed by atoms with Gasteiger partial charge in [-0.2, -0.15) is 0 Å². The minimum atomic E-state index is 0.456. The Morgan fingerprint density at radius 2 is 1.71 bits per heavy atom. The van der Waals surface area contributed by atoms with Crippen molar-refractivity contribution in [1.29, 1.82) is 0 Å². The highest BCUT2D eigenvalue weighted by Gasteiger charge is 2.53. The SMILES string of the molecule is CNC(C)C1(C)CC(C)C(C)(C)C1C. The van der Waals surface area contributed by atoms with E-state index in [9.17, 15) is 0 Å². The Morgan fingerprint density at radius 1 is 1.21 bits per heavy atom. The van der Waals surface area contributed by atoms with Gasteiger partial charge in [0, 0.05) is 6.04 Å². The molecule has 4 unspecified atom stereocenters. The number of nitrogens with one attached hydrogen (secondary N) is 1. The fourth-order valence-electron chi connectivity index (χ4n) is 3.26. The molecule has 0 radical (unpaired) electrons. The molecule has 1 aliphatic carbocycles. The smallest absolute Gasteiger partial charge is 0.00924 e. The molecule has 0 amide bonds. The van der Waals surface area contributed by atoms with Crippen molar-refractivity contribution in [2.24, 2.45) is 22.7 Å². The normalized spacial score (nSPS) is 43.9. The van der Waals surface area contributed by atoms with Gasteiger partial charge in [-0.15, -0.1) is 0 Å². The largest absolute Gasteiger partial charge is 0.317 e. The van der Waals surface area contributed by atoms with Crippen LogP contribution < -0.4 is 5.32 Å². The van der Waals surface area contributed by atoms with E-state index in [1.165, 1.54) is 6.42 Å². The highest BCUT2D eigenvalue weighted by molar-refractivity contribution is 5.03. The average molecular weight is 197 g/mol. The summed E-state index contributed by atoms with van der Waals surface area (Å²) in [7, 11) is 2.08. The summed E-state index contributed by atoms with van der Waals surface area (Å²) in [5, 5.41) is 3.44. The monoisotopic (exact) mass is 197 g/mol. The molecule has 0 saturated heterocycles. The highest BCUT2D eigenvalue weighted by atomic mass is 14.9. The molecule has 0 spiro atoms. The van der Waals surface area contributed by atoms with Gasteiger partial charge in [0.05, 0.1) is 0 Å². The van der Waals surface area contributed by atoms with Gasteiger partial charge >= 0.3 is 0 Å². The Kier molecular flexibility index (Phi) is 3.02. The van der Waals surface area contributed by atoms with Crippen LogP contribution in [0.3, 0.4) is 0 Å². The summed E-state index contributed by atoms with van der Waals surface area (Å²) in [6.07, 6.45) is 1.35. The predicted octanol–water partition coefficient (Wildman–Crippen LogP) is 3.30. The van der Waals surface area contributed by atoms with E-state index in [4.69, 9.17) is 0 Å². The maximum absolute atomic E-state index is 3.44. The molecule has 0 heterocycles. The molecule has 0 aromatic heterocycles. The third-order valence-corrected chi connectivity index (χ3v) is 5.54. The van der Waals surface area contributed by atoms with Gasteiger partial charge in [-0.25, -0.2) is 0 Å². The molecule has 14 heavy (non-hydrogen) atoms. The summed E-state index contributed by atoms with van der Waals surface area (Å²) < 4.78 is 0. The first kappa shape index (κ1) is 12.0. The van der Waals surface area contributed by atoms with Crippen molar-refractivity contribution in [2.75, 3.05) is 7.05 Å². The molecule has 0 aromatic carbocycles. The van der Waals surface area contributed by atoms with Crippen LogP contribution in [-0.2, 0) is 0 Å². The third kappa shape index (κ3) is 1.50. The number of rotatable bonds is 2. The first-order valence-corrected chi connectivity index (χ1v) is 5.94. The second kappa shape index (κ2) is 3.52. The first-order valence-electron chi connectivity index (χ1n) is 5.94. The van der Waals surface area contributed by atoms with Crippen LogP contribution in [0, 0.1) is 22.7 Å². The Morgan fingerprint density at radius 3 is 2.00 bits per heavy atom. The summed E-state index contributed by atoms with van der Waals surface area (Å²) in [4.78, 5) is 0. The van der Waals surface area contributed by atoms with Crippen LogP contribution in [0.25, 0.3) is 0 Å². The Labute approximate surface area is 89.7 Å². The van der Waals surface area contributed by atoms with Crippen molar-refractivity contribution in [3.05, 3.63) is 0 Å². The van der Waals surface area contributed by atoms with Crippen LogP contribution in [0.1, 0.15) is 48.0 Å². The minimum absolute atomic E-state index is 0.456. The molecule has 4 atom stereocenters. The summed E-state index contributed by atoms with van der Waals surface area (Å²) in [5.74, 6) is 1.62. The van der Waals surface area contributed by atoms with Crippen molar-refractivity contribution >= 4 is 0 Å². The first-order chi connectivity index (χ1) is 6.26. The van der Waals surface area contributed by atoms with E-state index >= 15 is 0 Å². The molecule has 1 fully saturated rings. The number of hydrogen-bond acceptors (Lipinski definition) is 1. The lowest BCUT2D eigenvalue weighted by Gasteiger charge is -2.39. The van der Waals surface area contributed by atoms with Crippen LogP contribution in [0.15, 0.2) is 0 Å². The standard InChI is InChI=1S/C13H27N/c1-9-8-13(6,11(3)14-7)10(2)12(9,4)5/h9-11,14H,8H2,1-7H3. The Hall–Kier alpha value is -0.0400. The summed E-state index contributed by atoms with van der Waals surface area (Å²) in [5.41, 5.74) is 0.942. The van der Waals surface area contributed by atoms with Gasteiger partial charge in [-0.1, -0.05) is 34.6 Å². The van der Waals surface area contributed by atoms with Crippen molar-refractivity contribution in [3.8, 4) is 0 Å². The maximum atomic E-state index is 3.44. The van der Waals surface area contributed by atoms with Gasteiger partial charge in [-0.05, 0) is 43.1 Å². The van der Waals surface area contributed by atoms with Gasteiger partial charge in [0.2, 0.25) is 0 Å². The average Bonchev–Trinajstić information content (AvgIpc) is 2.27. The second-order valence-electron chi connectivity index (χ2n) is 6.16. The molecule has 84 valence electrons. The van der Waals surface area contributed by atoms with Gasteiger partial charge < -0.3 is 5.32 Å². The van der Waals surface area contributed by atoms with Crippen LogP contribution >= 0.6 is 0 Å². The molecule has 0 aliphatic heterocycles. The van der Waals surface area contributed by atoms with E-state index in [0.29, 0.717) is 16.9 Å². The summed E-state index contributed by atoms with van der Waals surface area (Å²) >= 11 is 0. The van der Waals surface area contributed by atoms with Gasteiger partial charge in [0.15, 0.2) is 0 Å². The highest BCUT2D eigenvalue weighted by Crippen LogP contribution is 2.58. The van der Waals surface area contributed by atoms with E-state index in [2.05, 4.69) is 53.9 Å². The third-order valence-electron chi connectivity index (χ3n) is 5.54. The molecule has 0 aromatic rings. The van der Waals surface area contributed by atoms with Gasteiger partial charge in [-0.3, -0.25) is 0 Å². The zero-order valence-electron chi connectivity index (χ0n) is 10.9. The van der Waals surface area contributed by atoms with Gasteiger partial charge in [0.25, 0.3) is 0 Å². The van der Waals surface area contributed by atoms with E-state index in [0.717, 1.165) is 11.8 Å². The molecule has 1 heteroatoms. The zero-order chi connectivity index (χ0) is 11.1.